The number of nitrogens with one attached hydrogen (secondary N) is 1. The third-order valence-corrected chi connectivity index (χ3v) is 6.24. The first-order chi connectivity index (χ1) is 15.0. The molecule has 0 aliphatic heterocycles. The van der Waals surface area contributed by atoms with E-state index in [4.69, 9.17) is 15.0 Å². The number of hydrogen-bond acceptors (Lipinski definition) is 6. The Hall–Kier alpha value is -1.87. The number of nitrogens with two attached hydrogens (primary N) is 1. The van der Waals surface area contributed by atoms with Crippen molar-refractivity contribution in [3.8, 4) is 17.2 Å². The highest BCUT2D eigenvalue weighted by atomic mass is 79.9. The summed E-state index contributed by atoms with van der Waals surface area (Å²) in [6, 6.07) is 7.77. The van der Waals surface area contributed by atoms with Crippen molar-refractivity contribution in [2.24, 2.45) is 5.50 Å². The molecule has 32 heavy (non-hydrogen) atoms. The van der Waals surface area contributed by atoms with Crippen LogP contribution in [0.1, 0.15) is 35.7 Å². The van der Waals surface area contributed by atoms with E-state index in [0.29, 0.717) is 27.1 Å². The van der Waals surface area contributed by atoms with Crippen LogP contribution in [0.25, 0.3) is 0 Å². The highest BCUT2D eigenvalue weighted by Gasteiger charge is 2.17. The molecule has 4 N–H and O–H groups in total. The molecule has 0 saturated carbocycles. The van der Waals surface area contributed by atoms with E-state index in [0.717, 1.165) is 12.0 Å². The summed E-state index contributed by atoms with van der Waals surface area (Å²) in [6.07, 6.45) is 0.989. The minimum Gasteiger partial charge on any atom is -0.507 e. The Morgan fingerprint density at radius 3 is 2.44 bits per heavy atom. The van der Waals surface area contributed by atoms with Gasteiger partial charge in [0.1, 0.15) is 18.8 Å². The zero-order valence-corrected chi connectivity index (χ0v) is 21.8. The first-order valence-corrected chi connectivity index (χ1v) is 13.8. The fraction of sp³-hybridized carbons (Fsp3) is 0.333. The molecule has 8 nitrogen and oxygen atoms in total. The van der Waals surface area contributed by atoms with E-state index in [1.54, 1.807) is 12.1 Å². The maximum Gasteiger partial charge on any atom is 0.307 e. The van der Waals surface area contributed by atoms with E-state index in [2.05, 4.69) is 37.2 Å². The van der Waals surface area contributed by atoms with Gasteiger partial charge >= 0.3 is 5.97 Å². The normalized spacial score (nSPS) is 12.7. The van der Waals surface area contributed by atoms with Gasteiger partial charge in [0.15, 0.2) is 5.75 Å². The number of benzene rings is 2. The molecule has 0 spiro atoms. The van der Waals surface area contributed by atoms with Crippen molar-refractivity contribution in [3.63, 3.8) is 0 Å². The summed E-state index contributed by atoms with van der Waals surface area (Å²) in [6.45, 7) is 3.81. The second-order valence-corrected chi connectivity index (χ2v) is 11.6. The Morgan fingerprint density at radius 1 is 1.19 bits per heavy atom. The van der Waals surface area contributed by atoms with Crippen molar-refractivity contribution in [2.45, 2.75) is 25.9 Å². The van der Waals surface area contributed by atoms with Crippen molar-refractivity contribution < 1.29 is 28.7 Å². The number of carbonyl (C=O) groups is 2. The van der Waals surface area contributed by atoms with E-state index in [1.807, 2.05) is 6.92 Å². The van der Waals surface area contributed by atoms with E-state index in [9.17, 15) is 19.3 Å². The summed E-state index contributed by atoms with van der Waals surface area (Å²) in [5.74, 6) is -0.428. The van der Waals surface area contributed by atoms with Gasteiger partial charge in [-0.05, 0) is 74.2 Å². The first-order valence-electron chi connectivity index (χ1n) is 9.78. The monoisotopic (exact) mass is 590 g/mol. The molecule has 174 valence electrons. The van der Waals surface area contributed by atoms with Gasteiger partial charge in [0.2, 0.25) is 0 Å². The standard InChI is InChI=1S/C21H25Br2N2O6P/c1-3-8-30-19(27)6-7-25-21(28)15-11-14(4-5-18(15)26)31-20-16(22)9-13(10-17(20)23)12-32(2,24)29/h4-5,9-11,26H,3,6-8,12H2,1-2H3,(H2,24,29)(H,25,28). The summed E-state index contributed by atoms with van der Waals surface area (Å²) in [4.78, 5) is 24.0. The highest BCUT2D eigenvalue weighted by molar-refractivity contribution is 9.11. The van der Waals surface area contributed by atoms with Gasteiger partial charge < -0.3 is 24.5 Å². The molecule has 1 unspecified atom stereocenters. The maximum atomic E-state index is 12.4. The predicted molar refractivity (Wildman–Crippen MR) is 130 cm³/mol. The summed E-state index contributed by atoms with van der Waals surface area (Å²) < 4.78 is 24.0. The van der Waals surface area contributed by atoms with Crippen LogP contribution in [-0.2, 0) is 20.3 Å². The molecule has 0 saturated heterocycles. The lowest BCUT2D eigenvalue weighted by atomic mass is 10.1. The van der Waals surface area contributed by atoms with Crippen molar-refractivity contribution in [2.75, 3.05) is 19.8 Å². The molecule has 1 atom stereocenters. The van der Waals surface area contributed by atoms with Crippen LogP contribution in [0.3, 0.4) is 0 Å². The molecule has 2 rings (SSSR count). The smallest absolute Gasteiger partial charge is 0.307 e. The van der Waals surface area contributed by atoms with Gasteiger partial charge in [-0.15, -0.1) is 0 Å². The lowest BCUT2D eigenvalue weighted by Gasteiger charge is -2.14. The van der Waals surface area contributed by atoms with Crippen LogP contribution in [0.5, 0.6) is 17.2 Å². The second-order valence-electron chi connectivity index (χ2n) is 7.23. The van der Waals surface area contributed by atoms with Crippen LogP contribution < -0.4 is 15.6 Å². The number of halogens is 2. The number of phenols is 1. The number of ether oxygens (including phenoxy) is 2. The molecule has 0 aliphatic rings. The maximum absolute atomic E-state index is 12.4. The SMILES string of the molecule is CCCOC(=O)CCNC(=O)c1cc(Oc2c(Br)cc(CP(C)(N)=O)cc2Br)ccc1O. The number of phenolic OH excluding ortho intramolecular Hbond substituents is 1. The largest absolute Gasteiger partial charge is 0.507 e. The van der Waals surface area contributed by atoms with Gasteiger partial charge in [-0.2, -0.15) is 0 Å². The number of aromatic hydroxyl groups is 1. The molecule has 0 radical (unpaired) electrons. The minimum absolute atomic E-state index is 0.00310. The molecule has 0 bridgehead atoms. The Bertz CT molecular complexity index is 1020. The highest BCUT2D eigenvalue weighted by Crippen LogP contribution is 2.42. The zero-order valence-electron chi connectivity index (χ0n) is 17.7. The van der Waals surface area contributed by atoms with Gasteiger partial charge in [0, 0.05) is 19.4 Å². The lowest BCUT2D eigenvalue weighted by molar-refractivity contribution is -0.143. The van der Waals surface area contributed by atoms with Crippen LogP contribution in [0.2, 0.25) is 0 Å². The van der Waals surface area contributed by atoms with Crippen LogP contribution >= 0.6 is 39.2 Å². The Kier molecular flexibility index (Phi) is 9.76. The van der Waals surface area contributed by atoms with Gasteiger partial charge in [-0.25, -0.2) is 0 Å². The van der Waals surface area contributed by atoms with E-state index in [1.165, 1.54) is 24.9 Å². The fourth-order valence-electron chi connectivity index (χ4n) is 2.70. The van der Waals surface area contributed by atoms with Crippen molar-refractivity contribution in [3.05, 3.63) is 50.4 Å². The lowest BCUT2D eigenvalue weighted by Crippen LogP contribution is -2.26. The predicted octanol–water partition coefficient (Wildman–Crippen LogP) is 5.15. The van der Waals surface area contributed by atoms with Crippen LogP contribution in [0, 0.1) is 0 Å². The summed E-state index contributed by atoms with van der Waals surface area (Å²) in [5.41, 5.74) is 6.44. The van der Waals surface area contributed by atoms with Gasteiger partial charge in [-0.1, -0.05) is 6.92 Å². The van der Waals surface area contributed by atoms with Gasteiger partial charge in [0.25, 0.3) is 5.91 Å². The third kappa shape index (κ3) is 8.24. The van der Waals surface area contributed by atoms with Crippen molar-refractivity contribution >= 4 is 51.0 Å². The van der Waals surface area contributed by atoms with Crippen LogP contribution in [0.4, 0.5) is 0 Å². The van der Waals surface area contributed by atoms with Crippen molar-refractivity contribution in [1.29, 1.82) is 0 Å². The number of amides is 1. The topological polar surface area (TPSA) is 128 Å². The van der Waals surface area contributed by atoms with E-state index >= 15 is 0 Å². The van der Waals surface area contributed by atoms with E-state index < -0.39 is 19.2 Å². The molecule has 0 fully saturated rings. The van der Waals surface area contributed by atoms with Crippen molar-refractivity contribution in [1.82, 2.24) is 5.32 Å². The molecule has 0 heterocycles. The Labute approximate surface area is 203 Å². The molecule has 0 aromatic heterocycles. The second kappa shape index (κ2) is 11.8. The van der Waals surface area contributed by atoms with E-state index in [-0.39, 0.29) is 30.4 Å². The van der Waals surface area contributed by atoms with Crippen LogP contribution in [-0.4, -0.2) is 36.8 Å². The number of hydrogen-bond donors (Lipinski definition) is 3. The Balaban J connectivity index is 2.11. The number of esters is 1. The van der Waals surface area contributed by atoms with Gasteiger partial charge in [0.05, 0.1) is 27.5 Å². The quantitative estimate of drug-likeness (QED) is 0.257. The van der Waals surface area contributed by atoms with Crippen LogP contribution in [0.15, 0.2) is 39.3 Å². The molecular formula is C21H25Br2N2O6P. The third-order valence-electron chi connectivity index (χ3n) is 4.07. The summed E-state index contributed by atoms with van der Waals surface area (Å²) in [7, 11) is -2.74. The molecule has 2 aromatic carbocycles. The number of carbonyl (C=O) groups excluding carboxylic acids is 2. The molecule has 2 aromatic rings. The Morgan fingerprint density at radius 2 is 1.84 bits per heavy atom. The molecule has 11 heteroatoms. The first kappa shape index (κ1) is 26.4. The zero-order chi connectivity index (χ0) is 23.9. The minimum atomic E-state index is -2.74. The average molecular weight is 592 g/mol. The molecular weight excluding hydrogens is 567 g/mol. The fourth-order valence-corrected chi connectivity index (χ4v) is 5.05. The number of rotatable bonds is 10. The summed E-state index contributed by atoms with van der Waals surface area (Å²) >= 11 is 6.87. The average Bonchev–Trinajstić information content (AvgIpc) is 2.69. The summed E-state index contributed by atoms with van der Waals surface area (Å²) in [5, 5.41) is 12.7. The molecule has 0 aliphatic carbocycles. The molecule has 1 amide bonds. The van der Waals surface area contributed by atoms with Gasteiger partial charge in [-0.3, -0.25) is 15.1 Å².